The van der Waals surface area contributed by atoms with Crippen molar-refractivity contribution in [1.82, 2.24) is 4.57 Å². The van der Waals surface area contributed by atoms with Gasteiger partial charge in [-0.25, -0.2) is 0 Å². The number of benzene rings is 9. The molecule has 0 bridgehead atoms. The monoisotopic (exact) mass is 728 g/mol. The number of nitrogens with zero attached hydrogens (tertiary/aromatic N) is 2. The topological polar surface area (TPSA) is 21.3 Å². The molecule has 2 heterocycles. The molecule has 0 radical (unpaired) electrons. The molecule has 0 unspecified atom stereocenters. The number of rotatable bonds is 7. The Morgan fingerprint density at radius 1 is 0.316 bits per heavy atom. The molecule has 0 aliphatic heterocycles. The van der Waals surface area contributed by atoms with Gasteiger partial charge in [0.25, 0.3) is 0 Å². The van der Waals surface area contributed by atoms with E-state index in [4.69, 9.17) is 4.42 Å². The second-order valence-electron chi connectivity index (χ2n) is 14.5. The summed E-state index contributed by atoms with van der Waals surface area (Å²) < 4.78 is 8.63. The van der Waals surface area contributed by atoms with Crippen LogP contribution in [-0.4, -0.2) is 4.57 Å². The molecular weight excluding hydrogens is 693 g/mol. The van der Waals surface area contributed by atoms with Crippen molar-refractivity contribution < 1.29 is 4.42 Å². The Hall–Kier alpha value is -7.62. The van der Waals surface area contributed by atoms with E-state index in [-0.39, 0.29) is 0 Å². The maximum Gasteiger partial charge on any atom is 0.136 e. The van der Waals surface area contributed by atoms with E-state index in [9.17, 15) is 0 Å². The summed E-state index contributed by atoms with van der Waals surface area (Å²) in [6.07, 6.45) is 0. The molecule has 0 N–H and O–H groups in total. The Morgan fingerprint density at radius 2 is 0.842 bits per heavy atom. The Labute approximate surface area is 330 Å². The van der Waals surface area contributed by atoms with Gasteiger partial charge in [0, 0.05) is 44.3 Å². The fourth-order valence-electron chi connectivity index (χ4n) is 8.52. The highest BCUT2D eigenvalue weighted by molar-refractivity contribution is 6.09. The van der Waals surface area contributed by atoms with Crippen molar-refractivity contribution in [1.29, 1.82) is 0 Å². The van der Waals surface area contributed by atoms with Gasteiger partial charge in [0.15, 0.2) is 0 Å². The van der Waals surface area contributed by atoms with E-state index in [1.807, 2.05) is 12.1 Å². The minimum Gasteiger partial charge on any atom is -0.456 e. The van der Waals surface area contributed by atoms with Crippen LogP contribution in [0.25, 0.3) is 82.8 Å². The summed E-state index contributed by atoms with van der Waals surface area (Å²) >= 11 is 0. The van der Waals surface area contributed by atoms with Crippen LogP contribution in [0.15, 0.2) is 223 Å². The number of fused-ring (bicyclic) bond motifs is 6. The number of furan rings is 1. The van der Waals surface area contributed by atoms with Crippen LogP contribution in [0.1, 0.15) is 0 Å². The van der Waals surface area contributed by atoms with Gasteiger partial charge >= 0.3 is 0 Å². The van der Waals surface area contributed by atoms with Crippen LogP contribution in [0.2, 0.25) is 0 Å². The van der Waals surface area contributed by atoms with Crippen molar-refractivity contribution in [3.8, 4) is 39.1 Å². The molecule has 0 fully saturated rings. The molecule has 0 aliphatic carbocycles. The van der Waals surface area contributed by atoms with Crippen molar-refractivity contribution in [2.24, 2.45) is 0 Å². The van der Waals surface area contributed by atoms with Gasteiger partial charge in [-0.05, 0) is 106 Å². The fraction of sp³-hybridized carbons (Fsp3) is 0. The van der Waals surface area contributed by atoms with Gasteiger partial charge in [0.05, 0.1) is 11.0 Å². The minimum absolute atomic E-state index is 0.898. The quantitative estimate of drug-likeness (QED) is 0.163. The molecule has 0 atom stereocenters. The standard InChI is InChI=1S/C54H36N2O/c1-2-13-38(14-3-1)45-17-4-5-18-46(45)39-27-32-42(33-28-39)55(41-30-25-37(26-31-41)40-29-34-50-49-21-8-11-24-53(49)57-54(50)35-40)43-15-12-16-44(36-43)56-51-22-9-6-19-47(51)48-20-7-10-23-52(48)56/h1-36H. The van der Waals surface area contributed by atoms with Gasteiger partial charge in [-0.3, -0.25) is 0 Å². The maximum absolute atomic E-state index is 6.25. The summed E-state index contributed by atoms with van der Waals surface area (Å²) in [6, 6.07) is 78.2. The zero-order valence-electron chi connectivity index (χ0n) is 31.1. The Bertz CT molecular complexity index is 3170. The van der Waals surface area contributed by atoms with Crippen molar-refractivity contribution >= 4 is 60.8 Å². The Morgan fingerprint density at radius 3 is 1.53 bits per heavy atom. The molecule has 3 heteroatoms. The zero-order valence-corrected chi connectivity index (χ0v) is 31.1. The van der Waals surface area contributed by atoms with E-state index in [1.165, 1.54) is 44.1 Å². The highest BCUT2D eigenvalue weighted by Crippen LogP contribution is 2.41. The van der Waals surface area contributed by atoms with Gasteiger partial charge < -0.3 is 13.9 Å². The molecule has 0 amide bonds. The predicted octanol–water partition coefficient (Wildman–Crippen LogP) is 15.2. The van der Waals surface area contributed by atoms with Crippen LogP contribution < -0.4 is 4.90 Å². The number of aromatic nitrogens is 1. The van der Waals surface area contributed by atoms with E-state index in [1.54, 1.807) is 0 Å². The van der Waals surface area contributed by atoms with E-state index in [2.05, 4.69) is 216 Å². The normalized spacial score (nSPS) is 11.5. The average molecular weight is 729 g/mol. The van der Waals surface area contributed by atoms with E-state index in [0.29, 0.717) is 0 Å². The van der Waals surface area contributed by atoms with Crippen LogP contribution in [0.3, 0.4) is 0 Å². The molecule has 0 saturated carbocycles. The van der Waals surface area contributed by atoms with Gasteiger partial charge in [-0.2, -0.15) is 0 Å². The highest BCUT2D eigenvalue weighted by atomic mass is 16.3. The summed E-state index contributed by atoms with van der Waals surface area (Å²) in [5.74, 6) is 0. The zero-order chi connectivity index (χ0) is 37.7. The molecule has 0 saturated heterocycles. The molecule has 3 nitrogen and oxygen atoms in total. The Kier molecular flexibility index (Phi) is 7.82. The number of para-hydroxylation sites is 3. The molecule has 57 heavy (non-hydrogen) atoms. The molecule has 0 spiro atoms. The summed E-state index contributed by atoms with van der Waals surface area (Å²) in [4.78, 5) is 2.36. The third-order valence-electron chi connectivity index (χ3n) is 11.2. The lowest BCUT2D eigenvalue weighted by Crippen LogP contribution is -2.10. The van der Waals surface area contributed by atoms with Crippen LogP contribution in [0.5, 0.6) is 0 Å². The molecule has 268 valence electrons. The molecule has 11 rings (SSSR count). The van der Waals surface area contributed by atoms with Crippen LogP contribution >= 0.6 is 0 Å². The lowest BCUT2D eigenvalue weighted by atomic mass is 9.94. The smallest absolute Gasteiger partial charge is 0.136 e. The Balaban J connectivity index is 1.03. The van der Waals surface area contributed by atoms with Gasteiger partial charge in [0.1, 0.15) is 11.2 Å². The first-order valence-electron chi connectivity index (χ1n) is 19.4. The van der Waals surface area contributed by atoms with Crippen molar-refractivity contribution in [3.63, 3.8) is 0 Å². The van der Waals surface area contributed by atoms with Crippen LogP contribution in [0.4, 0.5) is 17.1 Å². The molecular formula is C54H36N2O. The van der Waals surface area contributed by atoms with Gasteiger partial charge in [-0.1, -0.05) is 146 Å². The number of hydrogen-bond acceptors (Lipinski definition) is 2. The second kappa shape index (κ2) is 13.6. The highest BCUT2D eigenvalue weighted by Gasteiger charge is 2.18. The number of anilines is 3. The SMILES string of the molecule is c1ccc(-c2ccccc2-c2ccc(N(c3ccc(-c4ccc5c(c4)oc4ccccc45)cc3)c3cccc(-n4c5ccccc5c5ccccc54)c3)cc2)cc1. The second-order valence-corrected chi connectivity index (χ2v) is 14.5. The van der Waals surface area contributed by atoms with Crippen LogP contribution in [-0.2, 0) is 0 Å². The van der Waals surface area contributed by atoms with E-state index in [0.717, 1.165) is 55.8 Å². The largest absolute Gasteiger partial charge is 0.456 e. The number of hydrogen-bond donors (Lipinski definition) is 0. The summed E-state index contributed by atoms with van der Waals surface area (Å²) in [5, 5.41) is 4.77. The third kappa shape index (κ3) is 5.68. The fourth-order valence-corrected chi connectivity index (χ4v) is 8.52. The van der Waals surface area contributed by atoms with Crippen LogP contribution in [0, 0.1) is 0 Å². The third-order valence-corrected chi connectivity index (χ3v) is 11.2. The molecule has 0 aliphatic rings. The molecule has 2 aromatic heterocycles. The molecule has 11 aromatic rings. The summed E-state index contributed by atoms with van der Waals surface area (Å²) in [7, 11) is 0. The molecule has 9 aromatic carbocycles. The van der Waals surface area contributed by atoms with Gasteiger partial charge in [-0.15, -0.1) is 0 Å². The van der Waals surface area contributed by atoms with Crippen molar-refractivity contribution in [2.75, 3.05) is 4.90 Å². The lowest BCUT2D eigenvalue weighted by molar-refractivity contribution is 0.669. The summed E-state index contributed by atoms with van der Waals surface area (Å²) in [6.45, 7) is 0. The maximum atomic E-state index is 6.25. The van der Waals surface area contributed by atoms with Crippen molar-refractivity contribution in [2.45, 2.75) is 0 Å². The average Bonchev–Trinajstić information content (AvgIpc) is 3.83. The van der Waals surface area contributed by atoms with Gasteiger partial charge in [0.2, 0.25) is 0 Å². The van der Waals surface area contributed by atoms with Crippen molar-refractivity contribution in [3.05, 3.63) is 218 Å². The summed E-state index contributed by atoms with van der Waals surface area (Å²) in [5.41, 5.74) is 15.6. The first kappa shape index (κ1) is 32.8. The minimum atomic E-state index is 0.898. The predicted molar refractivity (Wildman–Crippen MR) is 239 cm³/mol. The first-order chi connectivity index (χ1) is 28.3. The lowest BCUT2D eigenvalue weighted by Gasteiger charge is -2.27. The van der Waals surface area contributed by atoms with E-state index < -0.39 is 0 Å². The first-order valence-corrected chi connectivity index (χ1v) is 19.4. The van der Waals surface area contributed by atoms with E-state index >= 15 is 0 Å².